The second-order valence-electron chi connectivity index (χ2n) is 10.2. The fourth-order valence-corrected chi connectivity index (χ4v) is 5.85. The Hall–Kier alpha value is -1.34. The van der Waals surface area contributed by atoms with E-state index in [1.54, 1.807) is 6.92 Å². The molecule has 0 N–H and O–H groups in total. The number of nitrogens with zero attached hydrogens (tertiary/aromatic N) is 3. The van der Waals surface area contributed by atoms with Gasteiger partial charge in [-0.2, -0.15) is 0 Å². The molecule has 1 spiro atoms. The monoisotopic (exact) mass is 407 g/mol. The molecular formula is C22H37N3O4. The highest BCUT2D eigenvalue weighted by atomic mass is 16.6. The Bertz CT molecular complexity index is 622. The van der Waals surface area contributed by atoms with Crippen molar-refractivity contribution in [2.75, 3.05) is 52.5 Å². The molecule has 4 fully saturated rings. The van der Waals surface area contributed by atoms with Gasteiger partial charge in [-0.05, 0) is 44.4 Å². The van der Waals surface area contributed by atoms with Gasteiger partial charge in [0.1, 0.15) is 0 Å². The van der Waals surface area contributed by atoms with E-state index in [0.717, 1.165) is 65.2 Å². The molecule has 3 aliphatic heterocycles. The van der Waals surface area contributed by atoms with Crippen molar-refractivity contribution in [3.63, 3.8) is 0 Å². The Labute approximate surface area is 174 Å². The fourth-order valence-electron chi connectivity index (χ4n) is 5.85. The minimum atomic E-state index is -0.150. The van der Waals surface area contributed by atoms with Gasteiger partial charge in [-0.25, -0.2) is 4.79 Å². The lowest BCUT2D eigenvalue weighted by Gasteiger charge is -2.52. The van der Waals surface area contributed by atoms with Crippen LogP contribution in [0.5, 0.6) is 0 Å². The van der Waals surface area contributed by atoms with Gasteiger partial charge in [0.05, 0.1) is 19.8 Å². The van der Waals surface area contributed by atoms with E-state index in [2.05, 4.69) is 16.7 Å². The van der Waals surface area contributed by atoms with E-state index in [9.17, 15) is 9.59 Å². The maximum Gasteiger partial charge on any atom is 0.409 e. The Morgan fingerprint density at radius 2 is 1.86 bits per heavy atom. The maximum absolute atomic E-state index is 12.3. The van der Waals surface area contributed by atoms with Crippen LogP contribution in [0.2, 0.25) is 0 Å². The third kappa shape index (κ3) is 4.26. The highest BCUT2D eigenvalue weighted by Gasteiger charge is 2.51. The first-order valence-electron chi connectivity index (χ1n) is 11.3. The van der Waals surface area contributed by atoms with Gasteiger partial charge in [-0.1, -0.05) is 6.92 Å². The normalized spacial score (nSPS) is 32.0. The number of carbonyl (C=O) groups is 2. The molecule has 3 heterocycles. The van der Waals surface area contributed by atoms with Crippen LogP contribution >= 0.6 is 0 Å². The summed E-state index contributed by atoms with van der Waals surface area (Å²) in [5.74, 6) is 0.198. The van der Waals surface area contributed by atoms with Crippen molar-refractivity contribution in [1.82, 2.24) is 14.7 Å². The van der Waals surface area contributed by atoms with E-state index in [1.165, 1.54) is 12.8 Å². The molecule has 1 saturated carbocycles. The van der Waals surface area contributed by atoms with Gasteiger partial charge in [0.2, 0.25) is 5.91 Å². The van der Waals surface area contributed by atoms with Gasteiger partial charge in [-0.3, -0.25) is 4.79 Å². The number of rotatable bonds is 5. The molecule has 0 aromatic rings. The average molecular weight is 408 g/mol. The Balaban J connectivity index is 1.24. The predicted octanol–water partition coefficient (Wildman–Crippen LogP) is 2.35. The van der Waals surface area contributed by atoms with Crippen molar-refractivity contribution >= 4 is 12.0 Å². The molecule has 7 nitrogen and oxygen atoms in total. The number of hydrogen-bond donors (Lipinski definition) is 0. The molecule has 2 amide bonds. The van der Waals surface area contributed by atoms with Crippen LogP contribution in [0.4, 0.5) is 4.79 Å². The molecule has 4 aliphatic rings. The van der Waals surface area contributed by atoms with E-state index in [0.29, 0.717) is 24.1 Å². The quantitative estimate of drug-likeness (QED) is 0.700. The highest BCUT2D eigenvalue weighted by Crippen LogP contribution is 2.50. The molecule has 0 radical (unpaired) electrons. The Morgan fingerprint density at radius 3 is 2.41 bits per heavy atom. The number of amides is 2. The van der Waals surface area contributed by atoms with E-state index in [-0.39, 0.29) is 17.4 Å². The van der Waals surface area contributed by atoms with Crippen LogP contribution in [0.3, 0.4) is 0 Å². The first kappa shape index (κ1) is 20.9. The predicted molar refractivity (Wildman–Crippen MR) is 110 cm³/mol. The molecule has 164 valence electrons. The zero-order chi connectivity index (χ0) is 20.6. The molecule has 3 saturated heterocycles. The second-order valence-corrected chi connectivity index (χ2v) is 10.2. The third-order valence-corrected chi connectivity index (χ3v) is 7.62. The largest absolute Gasteiger partial charge is 0.450 e. The number of carbonyl (C=O) groups excluding carboxylic acids is 2. The van der Waals surface area contributed by atoms with Gasteiger partial charge in [0.15, 0.2) is 0 Å². The number of piperidine rings is 1. The van der Waals surface area contributed by atoms with Gasteiger partial charge in [-0.15, -0.1) is 0 Å². The summed E-state index contributed by atoms with van der Waals surface area (Å²) in [5.41, 5.74) is 0.453. The molecule has 0 unspecified atom stereocenters. The zero-order valence-corrected chi connectivity index (χ0v) is 18.3. The molecule has 29 heavy (non-hydrogen) atoms. The minimum Gasteiger partial charge on any atom is -0.450 e. The van der Waals surface area contributed by atoms with Crippen LogP contribution in [-0.4, -0.2) is 91.3 Å². The van der Waals surface area contributed by atoms with Crippen molar-refractivity contribution in [2.45, 2.75) is 65.0 Å². The summed E-state index contributed by atoms with van der Waals surface area (Å²) in [6, 6.07) is 1.00. The summed E-state index contributed by atoms with van der Waals surface area (Å²) in [7, 11) is 0. The van der Waals surface area contributed by atoms with Gasteiger partial charge < -0.3 is 24.2 Å². The van der Waals surface area contributed by atoms with Crippen LogP contribution in [0.15, 0.2) is 0 Å². The number of hydrogen-bond acceptors (Lipinski definition) is 5. The lowest BCUT2D eigenvalue weighted by atomic mass is 9.64. The molecule has 4 rings (SSSR count). The summed E-state index contributed by atoms with van der Waals surface area (Å²) in [5, 5.41) is 0. The van der Waals surface area contributed by atoms with Crippen molar-refractivity contribution in [2.24, 2.45) is 10.8 Å². The van der Waals surface area contributed by atoms with Crippen molar-refractivity contribution < 1.29 is 19.1 Å². The highest BCUT2D eigenvalue weighted by molar-refractivity contribution is 5.73. The maximum atomic E-state index is 12.3. The van der Waals surface area contributed by atoms with Gasteiger partial charge >= 0.3 is 6.09 Å². The standard InChI is InChI=1S/C22H37N3O4/c1-4-29-20(27)24-10-7-22(14-24)11-19(12-22)23-8-5-18(6-9-23)25(17(2)26)13-21(3)15-28-16-21/h18-19H,4-16H2,1-3H3. The van der Waals surface area contributed by atoms with Gasteiger partial charge in [0.25, 0.3) is 0 Å². The third-order valence-electron chi connectivity index (χ3n) is 7.62. The van der Waals surface area contributed by atoms with E-state index in [4.69, 9.17) is 9.47 Å². The topological polar surface area (TPSA) is 62.3 Å². The first-order valence-corrected chi connectivity index (χ1v) is 11.3. The summed E-state index contributed by atoms with van der Waals surface area (Å²) in [6.07, 6.45) is 5.48. The van der Waals surface area contributed by atoms with E-state index < -0.39 is 0 Å². The first-order chi connectivity index (χ1) is 13.8. The summed E-state index contributed by atoms with van der Waals surface area (Å²) in [4.78, 5) is 30.9. The zero-order valence-electron chi connectivity index (χ0n) is 18.3. The molecule has 7 heteroatoms. The lowest BCUT2D eigenvalue weighted by molar-refractivity contribution is -0.148. The number of ether oxygens (including phenoxy) is 2. The fraction of sp³-hybridized carbons (Fsp3) is 0.909. The minimum absolute atomic E-state index is 0.135. The summed E-state index contributed by atoms with van der Waals surface area (Å²) < 4.78 is 10.5. The number of likely N-dealkylation sites (tertiary alicyclic amines) is 2. The van der Waals surface area contributed by atoms with Crippen molar-refractivity contribution in [3.8, 4) is 0 Å². The molecule has 0 bridgehead atoms. The Morgan fingerprint density at radius 1 is 1.17 bits per heavy atom. The lowest BCUT2D eigenvalue weighted by Crippen LogP contribution is -2.58. The van der Waals surface area contributed by atoms with Crippen LogP contribution in [0.25, 0.3) is 0 Å². The molecular weight excluding hydrogens is 370 g/mol. The molecule has 0 atom stereocenters. The SMILES string of the molecule is CCOC(=O)N1CCC2(CC(N3CCC(N(CC4(C)COC4)C(C)=O)CC3)C2)C1. The van der Waals surface area contributed by atoms with Crippen molar-refractivity contribution in [1.29, 1.82) is 0 Å². The summed E-state index contributed by atoms with van der Waals surface area (Å²) >= 11 is 0. The van der Waals surface area contributed by atoms with E-state index in [1.807, 2.05) is 11.8 Å². The van der Waals surface area contributed by atoms with Crippen LogP contribution in [0, 0.1) is 10.8 Å². The van der Waals surface area contributed by atoms with Crippen LogP contribution in [-0.2, 0) is 14.3 Å². The molecule has 0 aromatic heterocycles. The molecule has 0 aromatic carbocycles. The van der Waals surface area contributed by atoms with Crippen molar-refractivity contribution in [3.05, 3.63) is 0 Å². The van der Waals surface area contributed by atoms with Gasteiger partial charge in [0, 0.05) is 57.1 Å². The smallest absolute Gasteiger partial charge is 0.409 e. The summed E-state index contributed by atoms with van der Waals surface area (Å²) in [6.45, 7) is 12.4. The van der Waals surface area contributed by atoms with Crippen LogP contribution in [0.1, 0.15) is 52.9 Å². The van der Waals surface area contributed by atoms with Crippen LogP contribution < -0.4 is 0 Å². The van der Waals surface area contributed by atoms with E-state index >= 15 is 0 Å². The Kier molecular flexibility index (Phi) is 5.81. The second kappa shape index (κ2) is 8.06. The average Bonchev–Trinajstić information content (AvgIpc) is 3.10. The molecule has 1 aliphatic carbocycles.